The van der Waals surface area contributed by atoms with Gasteiger partial charge in [0.2, 0.25) is 0 Å². The van der Waals surface area contributed by atoms with Gasteiger partial charge in [-0.3, -0.25) is 0 Å². The average Bonchev–Trinajstić information content (AvgIpc) is 2.37. The lowest BCUT2D eigenvalue weighted by Gasteiger charge is -2.19. The molecule has 1 atom stereocenters. The Balaban J connectivity index is 2.73. The molecular weight excluding hydrogens is 144 g/mol. The van der Waals surface area contributed by atoms with Crippen LogP contribution in [0.4, 0.5) is 0 Å². The van der Waals surface area contributed by atoms with Crippen molar-refractivity contribution < 1.29 is 14.3 Å². The largest absolute Gasteiger partial charge is 0.472 e. The number of methoxy groups -OCH3 is 1. The minimum atomic E-state index is -0.943. The molecule has 1 unspecified atom stereocenters. The van der Waals surface area contributed by atoms with Gasteiger partial charge >= 0.3 is 0 Å². The van der Waals surface area contributed by atoms with Crippen LogP contribution in [0.2, 0.25) is 0 Å². The van der Waals surface area contributed by atoms with Gasteiger partial charge in [0, 0.05) is 12.7 Å². The van der Waals surface area contributed by atoms with Gasteiger partial charge in [-0.15, -0.1) is 0 Å². The predicted molar refractivity (Wildman–Crippen MR) is 40.2 cm³/mol. The Morgan fingerprint density at radius 2 is 2.45 bits per heavy atom. The van der Waals surface area contributed by atoms with Crippen LogP contribution >= 0.6 is 0 Å². The molecule has 0 spiro atoms. The molecule has 0 saturated carbocycles. The smallest absolute Gasteiger partial charge is 0.113 e. The highest BCUT2D eigenvalue weighted by Gasteiger charge is 2.23. The summed E-state index contributed by atoms with van der Waals surface area (Å²) in [5.41, 5.74) is -0.207. The van der Waals surface area contributed by atoms with E-state index in [9.17, 15) is 5.11 Å². The Bertz CT molecular complexity index is 201. The Labute approximate surface area is 65.6 Å². The van der Waals surface area contributed by atoms with Crippen molar-refractivity contribution in [1.29, 1.82) is 0 Å². The summed E-state index contributed by atoms with van der Waals surface area (Å²) in [4.78, 5) is 0. The topological polar surface area (TPSA) is 42.6 Å². The van der Waals surface area contributed by atoms with Crippen LogP contribution in [0.5, 0.6) is 0 Å². The maximum atomic E-state index is 9.69. The second kappa shape index (κ2) is 3.07. The van der Waals surface area contributed by atoms with Crippen molar-refractivity contribution in [3.8, 4) is 0 Å². The molecule has 3 nitrogen and oxygen atoms in total. The van der Waals surface area contributed by atoms with E-state index < -0.39 is 5.60 Å². The van der Waals surface area contributed by atoms with Gasteiger partial charge in [0.15, 0.2) is 0 Å². The molecule has 1 N–H and O–H groups in total. The molecule has 0 aliphatic heterocycles. The number of aliphatic hydroxyl groups is 1. The van der Waals surface area contributed by atoms with E-state index in [1.165, 1.54) is 12.5 Å². The molecule has 0 aliphatic rings. The van der Waals surface area contributed by atoms with Crippen LogP contribution in [-0.2, 0) is 10.3 Å². The normalized spacial score (nSPS) is 16.3. The Morgan fingerprint density at radius 3 is 2.91 bits per heavy atom. The second-order valence-corrected chi connectivity index (χ2v) is 2.72. The van der Waals surface area contributed by atoms with Crippen molar-refractivity contribution in [1.82, 2.24) is 0 Å². The molecule has 0 radical (unpaired) electrons. The maximum Gasteiger partial charge on any atom is 0.113 e. The Kier molecular flexibility index (Phi) is 2.31. The summed E-state index contributed by atoms with van der Waals surface area (Å²) >= 11 is 0. The number of hydrogen-bond donors (Lipinski definition) is 1. The van der Waals surface area contributed by atoms with Crippen molar-refractivity contribution >= 4 is 0 Å². The lowest BCUT2D eigenvalue weighted by atomic mass is 10.0. The molecule has 11 heavy (non-hydrogen) atoms. The molecule has 0 fully saturated rings. The van der Waals surface area contributed by atoms with Gasteiger partial charge in [-0.25, -0.2) is 0 Å². The van der Waals surface area contributed by atoms with E-state index in [0.29, 0.717) is 0 Å². The van der Waals surface area contributed by atoms with E-state index in [2.05, 4.69) is 0 Å². The van der Waals surface area contributed by atoms with Gasteiger partial charge in [0.25, 0.3) is 0 Å². The van der Waals surface area contributed by atoms with Gasteiger partial charge in [-0.2, -0.15) is 0 Å². The van der Waals surface area contributed by atoms with Crippen LogP contribution in [0.1, 0.15) is 12.5 Å². The first-order valence-corrected chi connectivity index (χ1v) is 3.41. The fraction of sp³-hybridized carbons (Fsp3) is 0.500. The molecule has 62 valence electrons. The highest BCUT2D eigenvalue weighted by atomic mass is 16.5. The first-order valence-electron chi connectivity index (χ1n) is 3.41. The van der Waals surface area contributed by atoms with Crippen molar-refractivity contribution in [3.05, 3.63) is 24.2 Å². The van der Waals surface area contributed by atoms with Gasteiger partial charge in [-0.05, 0) is 13.0 Å². The third kappa shape index (κ3) is 1.82. The van der Waals surface area contributed by atoms with Gasteiger partial charge in [-0.1, -0.05) is 0 Å². The SMILES string of the molecule is COCC(C)(O)c1ccoc1. The van der Waals surface area contributed by atoms with E-state index in [1.807, 2.05) is 0 Å². The van der Waals surface area contributed by atoms with Crippen LogP contribution < -0.4 is 0 Å². The zero-order chi connectivity index (χ0) is 8.32. The van der Waals surface area contributed by atoms with Crippen molar-refractivity contribution in [2.75, 3.05) is 13.7 Å². The summed E-state index contributed by atoms with van der Waals surface area (Å²) < 4.78 is 9.67. The molecular formula is C8H12O3. The maximum absolute atomic E-state index is 9.69. The van der Waals surface area contributed by atoms with Crippen molar-refractivity contribution in [2.24, 2.45) is 0 Å². The summed E-state index contributed by atoms with van der Waals surface area (Å²) in [6.45, 7) is 1.95. The zero-order valence-electron chi connectivity index (χ0n) is 6.70. The summed E-state index contributed by atoms with van der Waals surface area (Å²) in [7, 11) is 1.55. The van der Waals surface area contributed by atoms with Gasteiger partial charge < -0.3 is 14.3 Å². The molecule has 1 aromatic rings. The van der Waals surface area contributed by atoms with E-state index in [4.69, 9.17) is 9.15 Å². The van der Waals surface area contributed by atoms with E-state index in [1.54, 1.807) is 20.1 Å². The molecule has 3 heteroatoms. The van der Waals surface area contributed by atoms with Crippen molar-refractivity contribution in [2.45, 2.75) is 12.5 Å². The van der Waals surface area contributed by atoms with Gasteiger partial charge in [0.1, 0.15) is 5.60 Å². The summed E-state index contributed by atoms with van der Waals surface area (Å²) in [5, 5.41) is 9.69. The average molecular weight is 156 g/mol. The lowest BCUT2D eigenvalue weighted by Crippen LogP contribution is -2.26. The summed E-state index contributed by atoms with van der Waals surface area (Å²) in [6.07, 6.45) is 3.04. The van der Waals surface area contributed by atoms with Crippen LogP contribution in [0.3, 0.4) is 0 Å². The predicted octanol–water partition coefficient (Wildman–Crippen LogP) is 1.13. The summed E-state index contributed by atoms with van der Waals surface area (Å²) in [6, 6.07) is 1.72. The fourth-order valence-corrected chi connectivity index (χ4v) is 0.935. The lowest BCUT2D eigenvalue weighted by molar-refractivity contribution is -0.0211. The first-order chi connectivity index (χ1) is 5.17. The van der Waals surface area contributed by atoms with Crippen LogP contribution in [0, 0.1) is 0 Å². The minimum absolute atomic E-state index is 0.270. The van der Waals surface area contributed by atoms with E-state index in [-0.39, 0.29) is 6.61 Å². The molecule has 1 rings (SSSR count). The molecule has 0 aromatic carbocycles. The number of rotatable bonds is 3. The Hall–Kier alpha value is -0.800. The third-order valence-corrected chi connectivity index (χ3v) is 1.57. The quantitative estimate of drug-likeness (QED) is 0.713. The van der Waals surface area contributed by atoms with Crippen LogP contribution in [0.15, 0.2) is 23.0 Å². The first kappa shape index (κ1) is 8.30. The zero-order valence-corrected chi connectivity index (χ0v) is 6.70. The highest BCUT2D eigenvalue weighted by molar-refractivity contribution is 5.14. The molecule has 1 heterocycles. The van der Waals surface area contributed by atoms with E-state index >= 15 is 0 Å². The summed E-state index contributed by atoms with van der Waals surface area (Å²) in [5.74, 6) is 0. The standard InChI is InChI=1S/C8H12O3/c1-8(9,6-10-2)7-3-4-11-5-7/h3-5,9H,6H2,1-2H3. The molecule has 0 amide bonds. The minimum Gasteiger partial charge on any atom is -0.472 e. The molecule has 0 saturated heterocycles. The monoisotopic (exact) mass is 156 g/mol. The molecule has 0 bridgehead atoms. The fourth-order valence-electron chi connectivity index (χ4n) is 0.935. The third-order valence-electron chi connectivity index (χ3n) is 1.57. The number of hydrogen-bond acceptors (Lipinski definition) is 3. The molecule has 0 aliphatic carbocycles. The van der Waals surface area contributed by atoms with E-state index in [0.717, 1.165) is 5.56 Å². The highest BCUT2D eigenvalue weighted by Crippen LogP contribution is 2.20. The second-order valence-electron chi connectivity index (χ2n) is 2.72. The van der Waals surface area contributed by atoms with Crippen molar-refractivity contribution in [3.63, 3.8) is 0 Å². The Morgan fingerprint density at radius 1 is 1.73 bits per heavy atom. The van der Waals surface area contributed by atoms with Gasteiger partial charge in [0.05, 0.1) is 19.1 Å². The molecule has 1 aromatic heterocycles. The number of ether oxygens (including phenoxy) is 1. The van der Waals surface area contributed by atoms with Crippen LogP contribution in [0.25, 0.3) is 0 Å². The van der Waals surface area contributed by atoms with Crippen LogP contribution in [-0.4, -0.2) is 18.8 Å². The number of furan rings is 1.